The van der Waals surface area contributed by atoms with Gasteiger partial charge in [0.25, 0.3) is 11.8 Å². The summed E-state index contributed by atoms with van der Waals surface area (Å²) in [5.74, 6) is -0.111. The summed E-state index contributed by atoms with van der Waals surface area (Å²) in [4.78, 5) is 38.2. The minimum absolute atomic E-state index is 0.0124. The smallest absolute Gasteiger partial charge is 0.308 e. The number of hydrogen-bond acceptors (Lipinski definition) is 5. The second-order valence-electron chi connectivity index (χ2n) is 7.87. The molecule has 0 aromatic heterocycles. The van der Waals surface area contributed by atoms with Gasteiger partial charge in [0.1, 0.15) is 5.75 Å². The topological polar surface area (TPSA) is 84.9 Å². The quantitative estimate of drug-likeness (QED) is 0.625. The molecule has 2 aromatic carbocycles. The molecule has 0 unspecified atom stereocenters. The third kappa shape index (κ3) is 6.31. The maximum Gasteiger partial charge on any atom is 0.308 e. The number of para-hydroxylation sites is 2. The molecule has 2 amide bonds. The fourth-order valence-electron chi connectivity index (χ4n) is 3.49. The summed E-state index contributed by atoms with van der Waals surface area (Å²) in [6.45, 7) is 3.93. The third-order valence-electron chi connectivity index (χ3n) is 4.96. The van der Waals surface area contributed by atoms with E-state index in [2.05, 4.69) is 19.2 Å². The van der Waals surface area contributed by atoms with Crippen molar-refractivity contribution in [1.29, 1.82) is 0 Å². The predicted octanol–water partition coefficient (Wildman–Crippen LogP) is 3.25. The van der Waals surface area contributed by atoms with Crippen LogP contribution < -0.4 is 15.0 Å². The molecule has 0 spiro atoms. The molecular formula is C24H28N2O5. The highest BCUT2D eigenvalue weighted by atomic mass is 16.5. The van der Waals surface area contributed by atoms with Crippen molar-refractivity contribution in [2.24, 2.45) is 5.92 Å². The number of nitrogens with one attached hydrogen (secondary N) is 1. The molecular weight excluding hydrogens is 396 g/mol. The van der Waals surface area contributed by atoms with Crippen LogP contribution in [0.5, 0.6) is 5.75 Å². The Morgan fingerprint density at radius 1 is 1.10 bits per heavy atom. The number of rotatable bonds is 9. The second-order valence-corrected chi connectivity index (χ2v) is 7.87. The van der Waals surface area contributed by atoms with E-state index in [1.807, 2.05) is 36.4 Å². The van der Waals surface area contributed by atoms with Crippen molar-refractivity contribution in [2.75, 3.05) is 24.7 Å². The van der Waals surface area contributed by atoms with Crippen molar-refractivity contribution >= 4 is 23.5 Å². The van der Waals surface area contributed by atoms with Gasteiger partial charge in [-0.05, 0) is 30.0 Å². The Kier molecular flexibility index (Phi) is 7.65. The highest BCUT2D eigenvalue weighted by Gasteiger charge is 2.26. The summed E-state index contributed by atoms with van der Waals surface area (Å²) in [7, 11) is 0. The molecule has 0 saturated heterocycles. The zero-order valence-electron chi connectivity index (χ0n) is 17.9. The number of ether oxygens (including phenoxy) is 2. The summed E-state index contributed by atoms with van der Waals surface area (Å²) in [5, 5.41) is 2.95. The molecule has 31 heavy (non-hydrogen) atoms. The van der Waals surface area contributed by atoms with Crippen LogP contribution in [0.3, 0.4) is 0 Å². The maximum absolute atomic E-state index is 12.4. The van der Waals surface area contributed by atoms with Gasteiger partial charge in [0, 0.05) is 6.54 Å². The van der Waals surface area contributed by atoms with Crippen LogP contribution in [0.2, 0.25) is 0 Å². The zero-order chi connectivity index (χ0) is 22.2. The molecule has 0 aliphatic carbocycles. The normalized spacial score (nSPS) is 13.9. The molecule has 1 atom stereocenters. The molecule has 0 fully saturated rings. The number of fused-ring (bicyclic) bond motifs is 1. The van der Waals surface area contributed by atoms with Crippen molar-refractivity contribution in [3.05, 3.63) is 60.2 Å². The minimum Gasteiger partial charge on any atom is -0.482 e. The Hall–Kier alpha value is -3.35. The first kappa shape index (κ1) is 22.3. The van der Waals surface area contributed by atoms with E-state index in [4.69, 9.17) is 9.47 Å². The van der Waals surface area contributed by atoms with Gasteiger partial charge in [0.2, 0.25) is 0 Å². The van der Waals surface area contributed by atoms with Gasteiger partial charge in [-0.1, -0.05) is 56.3 Å². The molecule has 1 heterocycles. The number of nitrogens with zero attached hydrogens (tertiary/aromatic N) is 1. The number of benzene rings is 2. The van der Waals surface area contributed by atoms with Crippen molar-refractivity contribution in [3.63, 3.8) is 0 Å². The van der Waals surface area contributed by atoms with E-state index in [9.17, 15) is 14.4 Å². The monoisotopic (exact) mass is 424 g/mol. The summed E-state index contributed by atoms with van der Waals surface area (Å²) >= 11 is 0. The number of amides is 2. The van der Waals surface area contributed by atoms with Gasteiger partial charge in [-0.3, -0.25) is 14.4 Å². The molecule has 2 aromatic rings. The van der Waals surface area contributed by atoms with E-state index >= 15 is 0 Å². The van der Waals surface area contributed by atoms with E-state index in [0.29, 0.717) is 17.4 Å². The number of anilines is 1. The molecule has 1 aliphatic rings. The van der Waals surface area contributed by atoms with Gasteiger partial charge in [0.05, 0.1) is 18.2 Å². The number of carbonyl (C=O) groups excluding carboxylic acids is 3. The lowest BCUT2D eigenvalue weighted by Crippen LogP contribution is -2.40. The van der Waals surface area contributed by atoms with Crippen LogP contribution in [-0.2, 0) is 19.1 Å². The van der Waals surface area contributed by atoms with Crippen LogP contribution in [-0.4, -0.2) is 37.5 Å². The van der Waals surface area contributed by atoms with Crippen LogP contribution in [0.4, 0.5) is 5.69 Å². The molecule has 1 N–H and O–H groups in total. The molecule has 0 saturated carbocycles. The Labute approximate surface area is 182 Å². The van der Waals surface area contributed by atoms with Gasteiger partial charge < -0.3 is 19.7 Å². The molecule has 7 heteroatoms. The third-order valence-corrected chi connectivity index (χ3v) is 4.96. The van der Waals surface area contributed by atoms with Gasteiger partial charge in [0.15, 0.2) is 13.2 Å². The predicted molar refractivity (Wildman–Crippen MR) is 117 cm³/mol. The second kappa shape index (κ2) is 10.6. The summed E-state index contributed by atoms with van der Waals surface area (Å²) < 4.78 is 10.5. The van der Waals surface area contributed by atoms with Crippen molar-refractivity contribution in [3.8, 4) is 5.75 Å². The Bertz CT molecular complexity index is 913. The van der Waals surface area contributed by atoms with Crippen LogP contribution in [0, 0.1) is 5.92 Å². The molecule has 0 radical (unpaired) electrons. The minimum atomic E-state index is -0.535. The van der Waals surface area contributed by atoms with Gasteiger partial charge >= 0.3 is 5.97 Å². The Morgan fingerprint density at radius 3 is 2.55 bits per heavy atom. The first-order chi connectivity index (χ1) is 14.9. The van der Waals surface area contributed by atoms with Gasteiger partial charge in [-0.2, -0.15) is 0 Å². The highest BCUT2D eigenvalue weighted by molar-refractivity contribution is 5.98. The van der Waals surface area contributed by atoms with Crippen LogP contribution >= 0.6 is 0 Å². The molecule has 7 nitrogen and oxygen atoms in total. The van der Waals surface area contributed by atoms with Crippen molar-refractivity contribution in [2.45, 2.75) is 32.7 Å². The van der Waals surface area contributed by atoms with E-state index in [-0.39, 0.29) is 44.0 Å². The Balaban J connectivity index is 1.49. The lowest BCUT2D eigenvalue weighted by Gasteiger charge is -2.29. The van der Waals surface area contributed by atoms with Gasteiger partial charge in [-0.15, -0.1) is 0 Å². The maximum atomic E-state index is 12.4. The van der Waals surface area contributed by atoms with Crippen LogP contribution in [0.25, 0.3) is 0 Å². The largest absolute Gasteiger partial charge is 0.482 e. The summed E-state index contributed by atoms with van der Waals surface area (Å²) in [6, 6.07) is 16.7. The number of esters is 1. The standard InChI is InChI=1S/C24H28N2O5/c1-17(2)14-19(18-8-4-3-5-9-18)25-22(27)15-31-24(29)12-13-26-20-10-6-7-11-21(20)30-16-23(26)28/h3-11,17,19H,12-16H2,1-2H3,(H,25,27)/t19-/m0/s1. The highest BCUT2D eigenvalue weighted by Crippen LogP contribution is 2.31. The van der Waals surface area contributed by atoms with Crippen LogP contribution in [0.1, 0.15) is 38.3 Å². The molecule has 0 bridgehead atoms. The first-order valence-electron chi connectivity index (χ1n) is 10.5. The number of hydrogen-bond donors (Lipinski definition) is 1. The molecule has 3 rings (SSSR count). The molecule has 1 aliphatic heterocycles. The fourth-order valence-corrected chi connectivity index (χ4v) is 3.49. The van der Waals surface area contributed by atoms with E-state index in [1.165, 1.54) is 4.90 Å². The number of carbonyl (C=O) groups is 3. The fraction of sp³-hybridized carbons (Fsp3) is 0.375. The van der Waals surface area contributed by atoms with Crippen molar-refractivity contribution in [1.82, 2.24) is 5.32 Å². The first-order valence-corrected chi connectivity index (χ1v) is 10.5. The summed E-state index contributed by atoms with van der Waals surface area (Å²) in [5.41, 5.74) is 1.64. The lowest BCUT2D eigenvalue weighted by atomic mass is 9.97. The van der Waals surface area contributed by atoms with Crippen molar-refractivity contribution < 1.29 is 23.9 Å². The zero-order valence-corrected chi connectivity index (χ0v) is 17.9. The summed E-state index contributed by atoms with van der Waals surface area (Å²) in [6.07, 6.45) is 0.768. The van der Waals surface area contributed by atoms with E-state index in [1.54, 1.807) is 18.2 Å². The lowest BCUT2D eigenvalue weighted by molar-refractivity contribution is -0.148. The Morgan fingerprint density at radius 2 is 1.81 bits per heavy atom. The van der Waals surface area contributed by atoms with Gasteiger partial charge in [-0.25, -0.2) is 0 Å². The van der Waals surface area contributed by atoms with Crippen LogP contribution in [0.15, 0.2) is 54.6 Å². The SMILES string of the molecule is CC(C)C[C@H](NC(=O)COC(=O)CCN1C(=O)COc2ccccc21)c1ccccc1. The average molecular weight is 424 g/mol. The molecule has 164 valence electrons. The average Bonchev–Trinajstić information content (AvgIpc) is 2.77. The van der Waals surface area contributed by atoms with E-state index in [0.717, 1.165) is 12.0 Å². The van der Waals surface area contributed by atoms with E-state index < -0.39 is 5.97 Å².